The van der Waals surface area contributed by atoms with Crippen LogP contribution in [0.2, 0.25) is 0 Å². The molecular formula is C47H87N3. The normalized spacial score (nSPS) is 18.2. The smallest absolute Gasteiger partial charge is 0.0121 e. The Morgan fingerprint density at radius 2 is 0.820 bits per heavy atom. The Hall–Kier alpha value is -1.16. The molecule has 0 radical (unpaired) electrons. The second-order valence-electron chi connectivity index (χ2n) is 16.0. The van der Waals surface area contributed by atoms with Gasteiger partial charge in [0.25, 0.3) is 0 Å². The summed E-state index contributed by atoms with van der Waals surface area (Å²) in [6.45, 7) is 12.3. The van der Waals surface area contributed by atoms with Crippen LogP contribution in [0.5, 0.6) is 0 Å². The zero-order valence-electron chi connectivity index (χ0n) is 34.2. The second kappa shape index (κ2) is 33.7. The van der Waals surface area contributed by atoms with Gasteiger partial charge in [-0.2, -0.15) is 0 Å². The van der Waals surface area contributed by atoms with Crippen LogP contribution >= 0.6 is 0 Å². The van der Waals surface area contributed by atoms with Gasteiger partial charge in [0.2, 0.25) is 0 Å². The molecular weight excluding hydrogens is 607 g/mol. The second-order valence-corrected chi connectivity index (χ2v) is 16.0. The predicted octanol–water partition coefficient (Wildman–Crippen LogP) is 13.5. The minimum Gasteiger partial charge on any atom is -0.304 e. The molecule has 0 amide bonds. The number of allylic oxidation sites excluding steroid dienone is 8. The zero-order valence-corrected chi connectivity index (χ0v) is 34.2. The number of piperazine rings is 1. The van der Waals surface area contributed by atoms with Crippen molar-refractivity contribution < 1.29 is 0 Å². The number of hydrogen-bond donors (Lipinski definition) is 0. The summed E-state index contributed by atoms with van der Waals surface area (Å²) in [7, 11) is 2.28. The maximum atomic E-state index is 2.94. The Morgan fingerprint density at radius 1 is 0.440 bits per heavy atom. The third kappa shape index (κ3) is 24.9. The summed E-state index contributed by atoms with van der Waals surface area (Å²) < 4.78 is 0. The third-order valence-electron chi connectivity index (χ3n) is 11.5. The van der Waals surface area contributed by atoms with Crippen molar-refractivity contribution in [3.05, 3.63) is 48.6 Å². The van der Waals surface area contributed by atoms with Crippen LogP contribution < -0.4 is 0 Å². The largest absolute Gasteiger partial charge is 0.304 e. The van der Waals surface area contributed by atoms with Gasteiger partial charge in [0.15, 0.2) is 0 Å². The van der Waals surface area contributed by atoms with Crippen molar-refractivity contribution in [3.63, 3.8) is 0 Å². The molecule has 0 saturated carbocycles. The average molecular weight is 694 g/mol. The lowest BCUT2D eigenvalue weighted by Gasteiger charge is -2.44. The molecule has 0 bridgehead atoms. The van der Waals surface area contributed by atoms with Crippen LogP contribution in [0.15, 0.2) is 48.6 Å². The molecule has 0 N–H and O–H groups in total. The summed E-state index contributed by atoms with van der Waals surface area (Å²) in [6, 6.07) is 1.67. The molecule has 0 aromatic rings. The summed E-state index contributed by atoms with van der Waals surface area (Å²) in [5.41, 5.74) is 0. The topological polar surface area (TPSA) is 9.72 Å². The van der Waals surface area contributed by atoms with Crippen molar-refractivity contribution in [1.82, 2.24) is 14.7 Å². The van der Waals surface area contributed by atoms with Gasteiger partial charge >= 0.3 is 0 Å². The number of rotatable bonds is 32. The molecule has 0 aliphatic carbocycles. The van der Waals surface area contributed by atoms with Gasteiger partial charge in [-0.15, -0.1) is 0 Å². The van der Waals surface area contributed by atoms with E-state index in [1.54, 1.807) is 0 Å². The highest BCUT2D eigenvalue weighted by Gasteiger charge is 2.29. The first-order valence-electron chi connectivity index (χ1n) is 22.5. The Bertz CT molecular complexity index is 779. The highest BCUT2D eigenvalue weighted by molar-refractivity contribution is 4.93. The number of likely N-dealkylation sites (N-methyl/N-ethyl adjacent to an activating group) is 1. The molecule has 2 heterocycles. The number of unbranched alkanes of at least 4 members (excludes halogenated alkanes) is 18. The van der Waals surface area contributed by atoms with Crippen molar-refractivity contribution in [1.29, 1.82) is 0 Å². The number of likely N-dealkylation sites (tertiary alicyclic amines) is 1. The van der Waals surface area contributed by atoms with Gasteiger partial charge in [-0.3, -0.25) is 4.90 Å². The zero-order chi connectivity index (χ0) is 35.6. The van der Waals surface area contributed by atoms with E-state index < -0.39 is 0 Å². The molecule has 0 aromatic carbocycles. The highest BCUT2D eigenvalue weighted by atomic mass is 15.3. The van der Waals surface area contributed by atoms with E-state index in [1.807, 2.05) is 0 Å². The first kappa shape index (κ1) is 45.0. The SMILES string of the molecule is CCCCCC=CCC=CCCCCCCCCC(CCCCCCCCC=CCC=CCCCCC)N1CCC(N2CCN(C)CC2)CC1. The standard InChI is InChI=1S/C47H87N3/c1-4-6-8-10-12-14-16-18-20-22-24-26-28-30-32-34-36-46(49-40-38-47(39-41-49)50-44-42-48(3)43-45-50)37-35-33-31-29-27-25-23-21-19-17-15-13-11-9-7-5-2/h12-15,18-21,46-47H,4-11,16-17,22-45H2,1-3H3. The summed E-state index contributed by atoms with van der Waals surface area (Å²) in [6.07, 6.45) is 57.1. The fraction of sp³-hybridized carbons (Fsp3) is 0.830. The lowest BCUT2D eigenvalue weighted by Crippen LogP contribution is -2.53. The molecule has 2 fully saturated rings. The van der Waals surface area contributed by atoms with Crippen LogP contribution in [0.3, 0.4) is 0 Å². The monoisotopic (exact) mass is 694 g/mol. The van der Waals surface area contributed by atoms with E-state index in [2.05, 4.69) is 84.2 Å². The highest BCUT2D eigenvalue weighted by Crippen LogP contribution is 2.25. The maximum Gasteiger partial charge on any atom is 0.0121 e. The minimum absolute atomic E-state index is 0.833. The predicted molar refractivity (Wildman–Crippen MR) is 225 cm³/mol. The lowest BCUT2D eigenvalue weighted by molar-refractivity contribution is 0.0498. The molecule has 2 saturated heterocycles. The van der Waals surface area contributed by atoms with Gasteiger partial charge in [-0.1, -0.05) is 152 Å². The molecule has 0 spiro atoms. The first-order valence-corrected chi connectivity index (χ1v) is 22.5. The average Bonchev–Trinajstić information content (AvgIpc) is 3.14. The van der Waals surface area contributed by atoms with Gasteiger partial charge in [0.1, 0.15) is 0 Å². The summed E-state index contributed by atoms with van der Waals surface area (Å²) >= 11 is 0. The summed E-state index contributed by atoms with van der Waals surface area (Å²) in [5, 5.41) is 0. The molecule has 0 unspecified atom stereocenters. The molecule has 3 nitrogen and oxygen atoms in total. The fourth-order valence-corrected chi connectivity index (χ4v) is 8.05. The van der Waals surface area contributed by atoms with Gasteiger partial charge in [-0.25, -0.2) is 0 Å². The summed E-state index contributed by atoms with van der Waals surface area (Å²) in [5.74, 6) is 0. The fourth-order valence-electron chi connectivity index (χ4n) is 8.05. The molecule has 2 aliphatic rings. The number of nitrogens with zero attached hydrogens (tertiary/aromatic N) is 3. The van der Waals surface area contributed by atoms with E-state index in [1.165, 1.54) is 206 Å². The Morgan fingerprint density at radius 3 is 1.24 bits per heavy atom. The third-order valence-corrected chi connectivity index (χ3v) is 11.5. The molecule has 2 rings (SSSR count). The van der Waals surface area contributed by atoms with Crippen LogP contribution in [0.4, 0.5) is 0 Å². The molecule has 290 valence electrons. The Kier molecular flexibility index (Phi) is 30.3. The quantitative estimate of drug-likeness (QED) is 0.0513. The van der Waals surface area contributed by atoms with E-state index in [-0.39, 0.29) is 0 Å². The lowest BCUT2D eigenvalue weighted by atomic mass is 9.95. The van der Waals surface area contributed by atoms with E-state index in [0.29, 0.717) is 0 Å². The molecule has 2 aliphatic heterocycles. The van der Waals surface area contributed by atoms with Crippen molar-refractivity contribution in [2.45, 2.75) is 206 Å². The van der Waals surface area contributed by atoms with Crippen LogP contribution in [-0.2, 0) is 0 Å². The Balaban J connectivity index is 1.57. The van der Waals surface area contributed by atoms with E-state index in [4.69, 9.17) is 0 Å². The van der Waals surface area contributed by atoms with Crippen molar-refractivity contribution in [2.75, 3.05) is 46.3 Å². The van der Waals surface area contributed by atoms with Crippen LogP contribution in [0.1, 0.15) is 194 Å². The van der Waals surface area contributed by atoms with Crippen LogP contribution in [0, 0.1) is 0 Å². The van der Waals surface area contributed by atoms with Crippen molar-refractivity contribution in [3.8, 4) is 0 Å². The van der Waals surface area contributed by atoms with Gasteiger partial charge in [-0.05, 0) is 110 Å². The number of piperidine rings is 1. The molecule has 3 heteroatoms. The summed E-state index contributed by atoms with van der Waals surface area (Å²) in [4.78, 5) is 8.25. The minimum atomic E-state index is 0.833. The molecule has 50 heavy (non-hydrogen) atoms. The van der Waals surface area contributed by atoms with Gasteiger partial charge in [0.05, 0.1) is 0 Å². The van der Waals surface area contributed by atoms with Crippen LogP contribution in [0.25, 0.3) is 0 Å². The Labute approximate surface area is 314 Å². The van der Waals surface area contributed by atoms with E-state index in [0.717, 1.165) is 24.9 Å². The van der Waals surface area contributed by atoms with Gasteiger partial charge < -0.3 is 9.80 Å². The number of hydrogen-bond acceptors (Lipinski definition) is 3. The molecule has 0 aromatic heterocycles. The van der Waals surface area contributed by atoms with Crippen molar-refractivity contribution >= 4 is 0 Å². The van der Waals surface area contributed by atoms with E-state index in [9.17, 15) is 0 Å². The van der Waals surface area contributed by atoms with Crippen molar-refractivity contribution in [2.24, 2.45) is 0 Å². The maximum absolute atomic E-state index is 2.94. The first-order chi connectivity index (χ1) is 24.7. The van der Waals surface area contributed by atoms with E-state index >= 15 is 0 Å². The molecule has 0 atom stereocenters. The van der Waals surface area contributed by atoms with Gasteiger partial charge in [0, 0.05) is 38.3 Å². The van der Waals surface area contributed by atoms with Crippen LogP contribution in [-0.4, -0.2) is 73.1 Å².